The molecule has 0 radical (unpaired) electrons. The maximum absolute atomic E-state index is 5.96. The minimum absolute atomic E-state index is 0.529. The number of benzene rings is 1. The Morgan fingerprint density at radius 2 is 1.68 bits per heavy atom. The zero-order chi connectivity index (χ0) is 23.3. The van der Waals surface area contributed by atoms with Crippen LogP contribution in [0.4, 0.5) is 11.6 Å². The lowest BCUT2D eigenvalue weighted by Crippen LogP contribution is -2.45. The molecule has 2 saturated heterocycles. The summed E-state index contributed by atoms with van der Waals surface area (Å²) in [5.41, 5.74) is 2.21. The molecule has 0 aliphatic carbocycles. The highest BCUT2D eigenvalue weighted by Crippen LogP contribution is 2.31. The van der Waals surface area contributed by atoms with E-state index in [1.807, 2.05) is 37.3 Å². The average molecular weight is 463 g/mol. The molecule has 0 spiro atoms. The number of nitrogens with zero attached hydrogens (tertiary/aromatic N) is 7. The maximum atomic E-state index is 5.96. The van der Waals surface area contributed by atoms with Crippen molar-refractivity contribution in [1.82, 2.24) is 29.7 Å². The lowest BCUT2D eigenvalue weighted by atomic mass is 10.2. The Morgan fingerprint density at radius 1 is 0.912 bits per heavy atom. The van der Waals surface area contributed by atoms with Crippen LogP contribution >= 0.6 is 0 Å². The van der Waals surface area contributed by atoms with Crippen LogP contribution in [0, 0.1) is 0 Å². The summed E-state index contributed by atoms with van der Waals surface area (Å²) in [6.07, 6.45) is 2.57. The second kappa shape index (κ2) is 10.5. The van der Waals surface area contributed by atoms with E-state index >= 15 is 0 Å². The van der Waals surface area contributed by atoms with Gasteiger partial charge in [0.25, 0.3) is 5.88 Å². The molecule has 1 aromatic carbocycles. The Hall–Kier alpha value is -3.04. The smallest absolute Gasteiger partial charge is 0.258 e. The van der Waals surface area contributed by atoms with Crippen molar-refractivity contribution in [3.63, 3.8) is 0 Å². The number of nitrogens with one attached hydrogen (secondary N) is 1. The number of ether oxygens (including phenoxy) is 1. The van der Waals surface area contributed by atoms with Crippen molar-refractivity contribution < 1.29 is 4.74 Å². The molecular formula is C25H34N8O. The van der Waals surface area contributed by atoms with E-state index < -0.39 is 0 Å². The highest BCUT2D eigenvalue weighted by Gasteiger charge is 2.23. The molecule has 0 unspecified atom stereocenters. The summed E-state index contributed by atoms with van der Waals surface area (Å²) >= 11 is 0. The molecule has 2 fully saturated rings. The van der Waals surface area contributed by atoms with E-state index in [2.05, 4.69) is 27.1 Å². The predicted octanol–water partition coefficient (Wildman–Crippen LogP) is 2.75. The fourth-order valence-corrected chi connectivity index (χ4v) is 4.56. The summed E-state index contributed by atoms with van der Waals surface area (Å²) < 4.78 is 5.96. The Morgan fingerprint density at radius 3 is 2.41 bits per heavy atom. The van der Waals surface area contributed by atoms with Gasteiger partial charge in [-0.15, -0.1) is 0 Å². The van der Waals surface area contributed by atoms with Gasteiger partial charge in [-0.05, 0) is 39.9 Å². The standard InChI is InChI=1S/C25H34N8O/c1-3-34-25-24(33-17-15-31(2)16-18-33)30-23-20(27-25)22(26-11-14-32-12-7-8-13-32)28-21(29-23)19-9-5-4-6-10-19/h4-6,9-10H,3,7-8,11-18H2,1-2H3,(H,26,28,29,30). The normalized spacial score (nSPS) is 17.4. The highest BCUT2D eigenvalue weighted by molar-refractivity contribution is 5.86. The number of likely N-dealkylation sites (tertiary alicyclic amines) is 1. The second-order valence-corrected chi connectivity index (χ2v) is 8.99. The van der Waals surface area contributed by atoms with Crippen LogP contribution in [0.2, 0.25) is 0 Å². The summed E-state index contributed by atoms with van der Waals surface area (Å²) in [7, 11) is 2.15. The van der Waals surface area contributed by atoms with Crippen LogP contribution in [-0.4, -0.2) is 95.7 Å². The van der Waals surface area contributed by atoms with Gasteiger partial charge in [0.2, 0.25) is 0 Å². The van der Waals surface area contributed by atoms with E-state index in [0.29, 0.717) is 35.3 Å². The van der Waals surface area contributed by atoms with E-state index in [1.165, 1.54) is 25.9 Å². The van der Waals surface area contributed by atoms with Crippen LogP contribution in [0.1, 0.15) is 19.8 Å². The first-order valence-corrected chi connectivity index (χ1v) is 12.4. The molecule has 2 aliphatic heterocycles. The van der Waals surface area contributed by atoms with Crippen molar-refractivity contribution >= 4 is 22.8 Å². The third-order valence-corrected chi connectivity index (χ3v) is 6.52. The maximum Gasteiger partial charge on any atom is 0.258 e. The van der Waals surface area contributed by atoms with Crippen molar-refractivity contribution in [2.75, 3.05) is 76.2 Å². The molecule has 0 amide bonds. The zero-order valence-corrected chi connectivity index (χ0v) is 20.2. The van der Waals surface area contributed by atoms with Crippen LogP contribution in [0.25, 0.3) is 22.6 Å². The van der Waals surface area contributed by atoms with Gasteiger partial charge >= 0.3 is 0 Å². The zero-order valence-electron chi connectivity index (χ0n) is 20.2. The van der Waals surface area contributed by atoms with E-state index in [1.54, 1.807) is 0 Å². The summed E-state index contributed by atoms with van der Waals surface area (Å²) in [6, 6.07) is 10.1. The minimum atomic E-state index is 0.529. The number of anilines is 2. The second-order valence-electron chi connectivity index (χ2n) is 8.99. The molecule has 180 valence electrons. The summed E-state index contributed by atoms with van der Waals surface area (Å²) in [6.45, 7) is 10.4. The van der Waals surface area contributed by atoms with E-state index in [-0.39, 0.29) is 0 Å². The summed E-state index contributed by atoms with van der Waals surface area (Å²) in [5, 5.41) is 3.53. The van der Waals surface area contributed by atoms with E-state index in [0.717, 1.165) is 50.6 Å². The fraction of sp³-hybridized carbons (Fsp3) is 0.520. The number of likely N-dealkylation sites (N-methyl/N-ethyl adjacent to an activating group) is 1. The van der Waals surface area contributed by atoms with Gasteiger partial charge in [-0.25, -0.2) is 19.9 Å². The van der Waals surface area contributed by atoms with Crippen LogP contribution in [-0.2, 0) is 0 Å². The Bertz CT molecular complexity index is 1100. The van der Waals surface area contributed by atoms with Crippen molar-refractivity contribution in [2.45, 2.75) is 19.8 Å². The van der Waals surface area contributed by atoms with Gasteiger partial charge in [0, 0.05) is 44.8 Å². The van der Waals surface area contributed by atoms with Gasteiger partial charge in [0.1, 0.15) is 0 Å². The molecular weight excluding hydrogens is 428 g/mol. The van der Waals surface area contributed by atoms with Crippen molar-refractivity contribution in [2.24, 2.45) is 0 Å². The Balaban J connectivity index is 1.53. The monoisotopic (exact) mass is 462 g/mol. The molecule has 9 nitrogen and oxygen atoms in total. The molecule has 2 aliphatic rings. The molecule has 0 saturated carbocycles. The predicted molar refractivity (Wildman–Crippen MR) is 136 cm³/mol. The molecule has 0 bridgehead atoms. The van der Waals surface area contributed by atoms with Crippen LogP contribution in [0.5, 0.6) is 5.88 Å². The highest BCUT2D eigenvalue weighted by atomic mass is 16.5. The third-order valence-electron chi connectivity index (χ3n) is 6.52. The summed E-state index contributed by atoms with van der Waals surface area (Å²) in [4.78, 5) is 26.7. The van der Waals surface area contributed by atoms with Gasteiger partial charge in [-0.2, -0.15) is 0 Å². The number of aromatic nitrogens is 4. The van der Waals surface area contributed by atoms with Gasteiger partial charge in [-0.3, -0.25) is 0 Å². The van der Waals surface area contributed by atoms with Crippen molar-refractivity contribution in [1.29, 1.82) is 0 Å². The lowest BCUT2D eigenvalue weighted by molar-refractivity contribution is 0.303. The molecule has 5 rings (SSSR count). The SMILES string of the molecule is CCOc1nc2c(NCCN3CCCC3)nc(-c3ccccc3)nc2nc1N1CCN(C)CC1. The van der Waals surface area contributed by atoms with Crippen LogP contribution < -0.4 is 15.0 Å². The molecule has 3 aromatic rings. The number of fused-ring (bicyclic) bond motifs is 1. The number of rotatable bonds is 8. The third kappa shape index (κ3) is 5.05. The number of hydrogen-bond donors (Lipinski definition) is 1. The minimum Gasteiger partial charge on any atom is -0.475 e. The molecule has 2 aromatic heterocycles. The fourth-order valence-electron chi connectivity index (χ4n) is 4.56. The topological polar surface area (TPSA) is 82.5 Å². The molecule has 0 atom stereocenters. The lowest BCUT2D eigenvalue weighted by Gasteiger charge is -2.33. The van der Waals surface area contributed by atoms with Gasteiger partial charge in [-0.1, -0.05) is 30.3 Å². The first-order valence-electron chi connectivity index (χ1n) is 12.4. The Kier molecular flexibility index (Phi) is 7.01. The molecule has 1 N–H and O–H groups in total. The van der Waals surface area contributed by atoms with E-state index in [4.69, 9.17) is 24.7 Å². The molecule has 9 heteroatoms. The van der Waals surface area contributed by atoms with Crippen molar-refractivity contribution in [3.05, 3.63) is 30.3 Å². The number of piperazine rings is 1. The number of hydrogen-bond acceptors (Lipinski definition) is 9. The molecule has 4 heterocycles. The van der Waals surface area contributed by atoms with E-state index in [9.17, 15) is 0 Å². The van der Waals surface area contributed by atoms with Gasteiger partial charge in [0.15, 0.2) is 28.6 Å². The van der Waals surface area contributed by atoms with Crippen LogP contribution in [0.3, 0.4) is 0 Å². The van der Waals surface area contributed by atoms with Crippen LogP contribution in [0.15, 0.2) is 30.3 Å². The summed E-state index contributed by atoms with van der Waals surface area (Å²) in [5.74, 6) is 2.68. The first-order chi connectivity index (χ1) is 16.7. The first kappa shape index (κ1) is 22.7. The largest absolute Gasteiger partial charge is 0.475 e. The quantitative estimate of drug-likeness (QED) is 0.543. The van der Waals surface area contributed by atoms with Gasteiger partial charge in [0.05, 0.1) is 6.61 Å². The average Bonchev–Trinajstić information content (AvgIpc) is 3.39. The van der Waals surface area contributed by atoms with Crippen molar-refractivity contribution in [3.8, 4) is 17.3 Å². The molecule has 34 heavy (non-hydrogen) atoms. The van der Waals surface area contributed by atoms with Gasteiger partial charge < -0.3 is 24.8 Å². The Labute approximate surface area is 201 Å².